The van der Waals surface area contributed by atoms with Gasteiger partial charge in [-0.25, -0.2) is 9.89 Å². The summed E-state index contributed by atoms with van der Waals surface area (Å²) in [4.78, 5) is 14.5. The maximum Gasteiger partial charge on any atom is 0.363 e. The molecular weight excluding hydrogens is 242 g/mol. The van der Waals surface area contributed by atoms with Crippen LogP contribution in [0.4, 0.5) is 5.82 Å². The van der Waals surface area contributed by atoms with Gasteiger partial charge in [-0.3, -0.25) is 5.43 Å². The average Bonchev–Trinajstić information content (AvgIpc) is 2.40. The summed E-state index contributed by atoms with van der Waals surface area (Å²) in [5.41, 5.74) is 4.19. The molecule has 6 nitrogen and oxygen atoms in total. The van der Waals surface area contributed by atoms with E-state index < -0.39 is 5.69 Å². The summed E-state index contributed by atoms with van der Waals surface area (Å²) < 4.78 is 0. The van der Waals surface area contributed by atoms with E-state index in [0.717, 1.165) is 11.1 Å². The highest BCUT2D eigenvalue weighted by molar-refractivity contribution is 5.85. The molecule has 0 aliphatic rings. The first-order valence-electron chi connectivity index (χ1n) is 5.68. The minimum atomic E-state index is -0.517. The Labute approximate surface area is 109 Å². The zero-order chi connectivity index (χ0) is 13.5. The molecule has 1 aromatic carbocycles. The van der Waals surface area contributed by atoms with Crippen molar-refractivity contribution < 1.29 is 0 Å². The van der Waals surface area contributed by atoms with Crippen molar-refractivity contribution in [2.75, 3.05) is 5.43 Å². The van der Waals surface area contributed by atoms with Gasteiger partial charge in [0.25, 0.3) is 0 Å². The lowest BCUT2D eigenvalue weighted by Crippen LogP contribution is -2.13. The molecule has 0 bridgehead atoms. The summed E-state index contributed by atoms with van der Waals surface area (Å²) in [5, 5.41) is 9.76. The Bertz CT molecular complexity index is 645. The van der Waals surface area contributed by atoms with Gasteiger partial charge in [-0.2, -0.15) is 15.2 Å². The maximum atomic E-state index is 10.9. The topological polar surface area (TPSA) is 83.0 Å². The van der Waals surface area contributed by atoms with Gasteiger partial charge in [0, 0.05) is 0 Å². The van der Waals surface area contributed by atoms with Gasteiger partial charge in [-0.05, 0) is 18.1 Å². The molecule has 2 aromatic rings. The van der Waals surface area contributed by atoms with Crippen LogP contribution in [0.25, 0.3) is 6.08 Å². The zero-order valence-corrected chi connectivity index (χ0v) is 10.4. The number of hydrogen-bond donors (Lipinski definition) is 2. The van der Waals surface area contributed by atoms with E-state index in [-0.39, 0.29) is 0 Å². The molecule has 0 aliphatic carbocycles. The highest BCUT2D eigenvalue weighted by Gasteiger charge is 1.92. The van der Waals surface area contributed by atoms with Crippen LogP contribution < -0.4 is 11.1 Å². The van der Waals surface area contributed by atoms with Crippen LogP contribution in [0, 0.1) is 0 Å². The third-order valence-electron chi connectivity index (χ3n) is 2.21. The van der Waals surface area contributed by atoms with Crippen molar-refractivity contribution in [3.8, 4) is 0 Å². The number of aromatic amines is 1. The fraction of sp³-hybridized carbons (Fsp3) is 0.0769. The molecule has 0 amide bonds. The van der Waals surface area contributed by atoms with Crippen molar-refractivity contribution in [3.05, 3.63) is 58.1 Å². The molecule has 96 valence electrons. The molecule has 0 saturated carbocycles. The molecule has 0 atom stereocenters. The summed E-state index contributed by atoms with van der Waals surface area (Å²) >= 11 is 0. The normalized spacial score (nSPS) is 11.7. The first-order valence-corrected chi connectivity index (χ1v) is 5.68. The van der Waals surface area contributed by atoms with E-state index in [4.69, 9.17) is 0 Å². The monoisotopic (exact) mass is 255 g/mol. The molecule has 6 heteroatoms. The number of rotatable bonds is 4. The molecule has 0 aliphatic heterocycles. The molecule has 0 fully saturated rings. The lowest BCUT2D eigenvalue weighted by atomic mass is 10.1. The third kappa shape index (κ3) is 4.19. The highest BCUT2D eigenvalue weighted by atomic mass is 16.1. The number of benzene rings is 1. The molecule has 0 unspecified atom stereocenters. The standard InChI is InChI=1S/C13H13N5O/c1-10(7-11-5-3-2-4-6-11)8-14-17-12-9-15-18-13(19)16-12/h2-9H,1H3,(H2,16,17,18,19)/b10-7+,14-8+. The number of aromatic nitrogens is 3. The van der Waals surface area contributed by atoms with Gasteiger partial charge in [-0.15, -0.1) is 0 Å². The van der Waals surface area contributed by atoms with Crippen LogP contribution in [0.1, 0.15) is 12.5 Å². The maximum absolute atomic E-state index is 10.9. The SMILES string of the molecule is CC(/C=N/Nc1cn[nH]c(=O)n1)=C\c1ccccc1. The van der Waals surface area contributed by atoms with Crippen molar-refractivity contribution in [1.29, 1.82) is 0 Å². The number of H-pyrrole nitrogens is 1. The van der Waals surface area contributed by atoms with Crippen LogP contribution in [-0.2, 0) is 0 Å². The first kappa shape index (κ1) is 12.7. The van der Waals surface area contributed by atoms with Crippen molar-refractivity contribution in [2.45, 2.75) is 6.92 Å². The molecule has 0 saturated heterocycles. The second-order valence-electron chi connectivity index (χ2n) is 3.84. The lowest BCUT2D eigenvalue weighted by molar-refractivity contribution is 0.913. The van der Waals surface area contributed by atoms with Gasteiger partial charge in [0.15, 0.2) is 5.82 Å². The van der Waals surface area contributed by atoms with Gasteiger partial charge in [0.1, 0.15) is 0 Å². The van der Waals surface area contributed by atoms with Gasteiger partial charge in [0.05, 0.1) is 12.4 Å². The largest absolute Gasteiger partial charge is 0.363 e. The number of nitrogens with zero attached hydrogens (tertiary/aromatic N) is 3. The van der Waals surface area contributed by atoms with Crippen molar-refractivity contribution in [1.82, 2.24) is 15.2 Å². The Hall–Kier alpha value is -2.76. The van der Waals surface area contributed by atoms with Crippen LogP contribution in [0.3, 0.4) is 0 Å². The summed E-state index contributed by atoms with van der Waals surface area (Å²) in [5.74, 6) is 0.299. The van der Waals surface area contributed by atoms with Crippen molar-refractivity contribution in [3.63, 3.8) is 0 Å². The number of hydrogen-bond acceptors (Lipinski definition) is 5. The van der Waals surface area contributed by atoms with Gasteiger partial charge < -0.3 is 0 Å². The number of allylic oxidation sites excluding steroid dienone is 1. The van der Waals surface area contributed by atoms with E-state index in [1.165, 1.54) is 6.20 Å². The molecule has 1 aromatic heterocycles. The molecular formula is C13H13N5O. The second-order valence-corrected chi connectivity index (χ2v) is 3.84. The number of hydrazone groups is 1. The van der Waals surface area contributed by atoms with Crippen molar-refractivity contribution in [2.24, 2.45) is 5.10 Å². The van der Waals surface area contributed by atoms with E-state index in [2.05, 4.69) is 25.7 Å². The fourth-order valence-corrected chi connectivity index (χ4v) is 1.42. The van der Waals surface area contributed by atoms with Crippen molar-refractivity contribution >= 4 is 18.1 Å². The van der Waals surface area contributed by atoms with E-state index in [9.17, 15) is 4.79 Å². The fourth-order valence-electron chi connectivity index (χ4n) is 1.42. The summed E-state index contributed by atoms with van der Waals surface area (Å²) in [7, 11) is 0. The predicted octanol–water partition coefficient (Wildman–Crippen LogP) is 1.67. The molecule has 1 heterocycles. The van der Waals surface area contributed by atoms with E-state index in [1.54, 1.807) is 6.21 Å². The Morgan fingerprint density at radius 1 is 1.37 bits per heavy atom. The minimum Gasteiger partial charge on any atom is -0.260 e. The van der Waals surface area contributed by atoms with Gasteiger partial charge >= 0.3 is 5.69 Å². The van der Waals surface area contributed by atoms with Crippen LogP contribution in [0.2, 0.25) is 0 Å². The molecule has 0 spiro atoms. The molecule has 0 radical (unpaired) electrons. The van der Waals surface area contributed by atoms with E-state index >= 15 is 0 Å². The molecule has 19 heavy (non-hydrogen) atoms. The Morgan fingerprint density at radius 2 is 2.16 bits per heavy atom. The third-order valence-corrected chi connectivity index (χ3v) is 2.21. The second kappa shape index (κ2) is 6.25. The minimum absolute atomic E-state index is 0.299. The summed E-state index contributed by atoms with van der Waals surface area (Å²) in [6.45, 7) is 1.93. The van der Waals surface area contributed by atoms with Crippen LogP contribution in [-0.4, -0.2) is 21.4 Å². The summed E-state index contributed by atoms with van der Waals surface area (Å²) in [6, 6.07) is 9.93. The molecule has 2 rings (SSSR count). The quantitative estimate of drug-likeness (QED) is 0.643. The smallest absolute Gasteiger partial charge is 0.260 e. The predicted molar refractivity (Wildman–Crippen MR) is 74.9 cm³/mol. The number of anilines is 1. The van der Waals surface area contributed by atoms with E-state index in [1.807, 2.05) is 43.3 Å². The van der Waals surface area contributed by atoms with Gasteiger partial charge in [0.2, 0.25) is 0 Å². The molecule has 2 N–H and O–H groups in total. The Kier molecular flexibility index (Phi) is 4.17. The van der Waals surface area contributed by atoms with E-state index in [0.29, 0.717) is 5.82 Å². The lowest BCUT2D eigenvalue weighted by Gasteiger charge is -1.97. The highest BCUT2D eigenvalue weighted by Crippen LogP contribution is 2.04. The Balaban J connectivity index is 1.99. The number of nitrogens with one attached hydrogen (secondary N) is 2. The summed E-state index contributed by atoms with van der Waals surface area (Å²) in [6.07, 6.45) is 5.03. The van der Waals surface area contributed by atoms with Crippen LogP contribution >= 0.6 is 0 Å². The zero-order valence-electron chi connectivity index (χ0n) is 10.4. The Morgan fingerprint density at radius 3 is 2.89 bits per heavy atom. The van der Waals surface area contributed by atoms with Gasteiger partial charge in [-0.1, -0.05) is 36.4 Å². The first-order chi connectivity index (χ1) is 9.24. The average molecular weight is 255 g/mol. The van der Waals surface area contributed by atoms with Crippen LogP contribution in [0.5, 0.6) is 0 Å². The van der Waals surface area contributed by atoms with Crippen LogP contribution in [0.15, 0.2) is 52.0 Å².